The molecular weight excluding hydrogens is 535 g/mol. The maximum absolute atomic E-state index is 13.4. The highest BCUT2D eigenvalue weighted by molar-refractivity contribution is 5.98. The molecule has 2 heterocycles. The Balaban J connectivity index is 1.74. The third kappa shape index (κ3) is 7.97. The largest absolute Gasteiger partial charge is 0.471 e. The van der Waals surface area contributed by atoms with Crippen molar-refractivity contribution in [2.75, 3.05) is 17.2 Å². The number of H-pyrrole nitrogens is 1. The lowest BCUT2D eigenvalue weighted by molar-refractivity contribution is -0.170. The number of rotatable bonds is 10. The van der Waals surface area contributed by atoms with Crippen LogP contribution in [0.3, 0.4) is 0 Å². The number of benzene rings is 1. The standard InChI is InChI=1S/C25H28F3N7O5/c1-13(2)12-40-18(36)9-4-14(3)31-21(37)15-5-7-17(8-6-15)35(23(39)25(26,27)28)11-16-10-30-20-19(32-16)22(38)34-24(29)33-20/h5-8,10,13-14H,4,9,11-12H2,1-3H3,(H,31,37)(H3,29,30,33,34,38)/t14-/m1/s1. The molecule has 0 aliphatic carbocycles. The Morgan fingerprint density at radius 1 is 1.12 bits per heavy atom. The molecule has 0 fully saturated rings. The van der Waals surface area contributed by atoms with Gasteiger partial charge in [0.2, 0.25) is 5.95 Å². The SMILES string of the molecule is CC(C)COC(=O)CC[C@@H](C)NC(=O)c1ccc(N(Cc2cnc3nc(N)[nH]c(=O)c3n2)C(=O)C(F)(F)F)cc1. The highest BCUT2D eigenvalue weighted by atomic mass is 19.4. The first-order valence-electron chi connectivity index (χ1n) is 12.2. The quantitative estimate of drug-likeness (QED) is 0.313. The smallest absolute Gasteiger partial charge is 0.465 e. The summed E-state index contributed by atoms with van der Waals surface area (Å²) in [4.78, 5) is 63.1. The van der Waals surface area contributed by atoms with Gasteiger partial charge in [-0.05, 0) is 43.5 Å². The number of nitrogen functional groups attached to an aromatic ring is 1. The number of aromatic nitrogens is 4. The summed E-state index contributed by atoms with van der Waals surface area (Å²) < 4.78 is 45.3. The topological polar surface area (TPSA) is 173 Å². The minimum absolute atomic E-state index is 0.106. The molecule has 0 bridgehead atoms. The second-order valence-electron chi connectivity index (χ2n) is 9.41. The highest BCUT2D eigenvalue weighted by Gasteiger charge is 2.43. The van der Waals surface area contributed by atoms with Gasteiger partial charge in [0.05, 0.1) is 25.0 Å². The zero-order valence-corrected chi connectivity index (χ0v) is 21.9. The van der Waals surface area contributed by atoms with E-state index in [4.69, 9.17) is 10.5 Å². The van der Waals surface area contributed by atoms with E-state index >= 15 is 0 Å². The highest BCUT2D eigenvalue weighted by Crippen LogP contribution is 2.26. The van der Waals surface area contributed by atoms with Crippen molar-refractivity contribution in [1.82, 2.24) is 25.3 Å². The Hall–Kier alpha value is -4.56. The first-order valence-corrected chi connectivity index (χ1v) is 12.2. The number of ether oxygens (including phenoxy) is 1. The van der Waals surface area contributed by atoms with Crippen LogP contribution < -0.4 is 21.5 Å². The zero-order valence-electron chi connectivity index (χ0n) is 21.9. The van der Waals surface area contributed by atoms with Gasteiger partial charge in [-0.1, -0.05) is 13.8 Å². The second-order valence-corrected chi connectivity index (χ2v) is 9.41. The summed E-state index contributed by atoms with van der Waals surface area (Å²) >= 11 is 0. The number of aromatic amines is 1. The molecule has 2 amide bonds. The first-order chi connectivity index (χ1) is 18.7. The number of nitrogens with zero attached hydrogens (tertiary/aromatic N) is 4. The average Bonchev–Trinajstić information content (AvgIpc) is 2.88. The number of esters is 1. The van der Waals surface area contributed by atoms with Crippen molar-refractivity contribution >= 4 is 40.6 Å². The summed E-state index contributed by atoms with van der Waals surface area (Å²) in [6.07, 6.45) is -3.72. The van der Waals surface area contributed by atoms with Crippen LogP contribution >= 0.6 is 0 Å². The monoisotopic (exact) mass is 563 g/mol. The zero-order chi connectivity index (χ0) is 29.6. The van der Waals surface area contributed by atoms with Crippen molar-refractivity contribution in [2.24, 2.45) is 5.92 Å². The molecule has 3 rings (SSSR count). The number of amides is 2. The number of carbonyl (C=O) groups is 3. The van der Waals surface area contributed by atoms with Crippen LogP contribution in [0, 0.1) is 5.92 Å². The lowest BCUT2D eigenvalue weighted by atomic mass is 10.1. The van der Waals surface area contributed by atoms with Crippen LogP contribution in [-0.4, -0.2) is 56.5 Å². The van der Waals surface area contributed by atoms with Crippen molar-refractivity contribution in [3.05, 3.63) is 52.1 Å². The maximum atomic E-state index is 13.4. The number of halogens is 3. The maximum Gasteiger partial charge on any atom is 0.471 e. The first kappa shape index (κ1) is 30.0. The Morgan fingerprint density at radius 2 is 1.80 bits per heavy atom. The fourth-order valence-corrected chi connectivity index (χ4v) is 3.48. The number of anilines is 2. The number of fused-ring (bicyclic) bond motifs is 1. The van der Waals surface area contributed by atoms with Gasteiger partial charge >= 0.3 is 18.1 Å². The molecule has 0 saturated heterocycles. The van der Waals surface area contributed by atoms with Crippen LogP contribution in [0.25, 0.3) is 11.2 Å². The number of hydrogen-bond acceptors (Lipinski definition) is 9. The minimum atomic E-state index is -5.22. The molecule has 0 radical (unpaired) electrons. The molecule has 1 aromatic carbocycles. The lowest BCUT2D eigenvalue weighted by Crippen LogP contribution is -2.41. The molecule has 0 aliphatic heterocycles. The van der Waals surface area contributed by atoms with E-state index in [0.29, 0.717) is 17.9 Å². The summed E-state index contributed by atoms with van der Waals surface area (Å²) in [7, 11) is 0. The average molecular weight is 564 g/mol. The van der Waals surface area contributed by atoms with Gasteiger partial charge in [-0.25, -0.2) is 9.97 Å². The van der Waals surface area contributed by atoms with Crippen LogP contribution in [-0.2, 0) is 20.9 Å². The molecule has 3 aromatic rings. The molecule has 40 heavy (non-hydrogen) atoms. The summed E-state index contributed by atoms with van der Waals surface area (Å²) in [5.74, 6) is -3.09. The van der Waals surface area contributed by atoms with Crippen LogP contribution in [0.1, 0.15) is 49.7 Å². The normalized spacial score (nSPS) is 12.3. The van der Waals surface area contributed by atoms with Crippen molar-refractivity contribution in [1.29, 1.82) is 0 Å². The van der Waals surface area contributed by atoms with E-state index in [-0.39, 0.29) is 58.4 Å². The van der Waals surface area contributed by atoms with Crippen molar-refractivity contribution in [2.45, 2.75) is 52.4 Å². The van der Waals surface area contributed by atoms with E-state index in [2.05, 4.69) is 25.3 Å². The van der Waals surface area contributed by atoms with E-state index < -0.39 is 30.1 Å². The number of nitrogens with two attached hydrogens (primary N) is 1. The van der Waals surface area contributed by atoms with E-state index in [9.17, 15) is 32.3 Å². The van der Waals surface area contributed by atoms with Gasteiger partial charge in [0.1, 0.15) is 0 Å². The van der Waals surface area contributed by atoms with Crippen molar-refractivity contribution in [3.8, 4) is 0 Å². The summed E-state index contributed by atoms with van der Waals surface area (Å²) in [5, 5.41) is 2.71. The molecule has 0 saturated carbocycles. The molecular formula is C25H28F3N7O5. The van der Waals surface area contributed by atoms with Crippen LogP contribution in [0.4, 0.5) is 24.8 Å². The van der Waals surface area contributed by atoms with Crippen molar-refractivity contribution < 1.29 is 32.3 Å². The molecule has 12 nitrogen and oxygen atoms in total. The fourth-order valence-electron chi connectivity index (χ4n) is 3.48. The number of carbonyl (C=O) groups excluding carboxylic acids is 3. The molecule has 0 spiro atoms. The Kier molecular flexibility index (Phi) is 9.39. The van der Waals surface area contributed by atoms with Crippen molar-refractivity contribution in [3.63, 3.8) is 0 Å². The fraction of sp³-hybridized carbons (Fsp3) is 0.400. The van der Waals surface area contributed by atoms with Gasteiger partial charge in [0.25, 0.3) is 11.5 Å². The van der Waals surface area contributed by atoms with Crippen LogP contribution in [0.15, 0.2) is 35.3 Å². The summed E-state index contributed by atoms with van der Waals surface area (Å²) in [5.41, 5.74) is 4.16. The molecule has 2 aromatic heterocycles. The van der Waals surface area contributed by atoms with Gasteiger partial charge in [0, 0.05) is 23.7 Å². The number of nitrogens with one attached hydrogen (secondary N) is 2. The Morgan fingerprint density at radius 3 is 2.42 bits per heavy atom. The van der Waals surface area contributed by atoms with E-state index in [1.165, 1.54) is 24.3 Å². The van der Waals surface area contributed by atoms with E-state index in [0.717, 1.165) is 6.20 Å². The predicted octanol–water partition coefficient (Wildman–Crippen LogP) is 2.49. The summed E-state index contributed by atoms with van der Waals surface area (Å²) in [6.45, 7) is 5.14. The second kappa shape index (κ2) is 12.5. The predicted molar refractivity (Wildman–Crippen MR) is 138 cm³/mol. The van der Waals surface area contributed by atoms with Gasteiger partial charge in [0.15, 0.2) is 11.2 Å². The van der Waals surface area contributed by atoms with E-state index in [1.807, 2.05) is 13.8 Å². The molecule has 4 N–H and O–H groups in total. The Bertz CT molecular complexity index is 1440. The van der Waals surface area contributed by atoms with Crippen LogP contribution in [0.5, 0.6) is 0 Å². The lowest BCUT2D eigenvalue weighted by Gasteiger charge is -2.24. The van der Waals surface area contributed by atoms with Gasteiger partial charge in [-0.3, -0.25) is 29.1 Å². The molecule has 214 valence electrons. The van der Waals surface area contributed by atoms with Crippen LogP contribution in [0.2, 0.25) is 0 Å². The van der Waals surface area contributed by atoms with Gasteiger partial charge in [-0.2, -0.15) is 18.2 Å². The molecule has 15 heteroatoms. The summed E-state index contributed by atoms with van der Waals surface area (Å²) in [6, 6.07) is 4.48. The Labute approximate surface area is 226 Å². The van der Waals surface area contributed by atoms with Gasteiger partial charge in [-0.15, -0.1) is 0 Å². The number of hydrogen-bond donors (Lipinski definition) is 3. The molecule has 0 unspecified atom stereocenters. The minimum Gasteiger partial charge on any atom is -0.465 e. The third-order valence-electron chi connectivity index (χ3n) is 5.47. The molecule has 0 aliphatic rings. The number of alkyl halides is 3. The van der Waals surface area contributed by atoms with E-state index in [1.54, 1.807) is 6.92 Å². The molecule has 1 atom stereocenters. The van der Waals surface area contributed by atoms with Gasteiger partial charge < -0.3 is 15.8 Å². The third-order valence-corrected chi connectivity index (χ3v) is 5.47.